The minimum absolute atomic E-state index is 0.00604. The number of hydrogen-bond donors (Lipinski definition) is 0. The van der Waals surface area contributed by atoms with Crippen LogP contribution in [0.5, 0.6) is 0 Å². The summed E-state index contributed by atoms with van der Waals surface area (Å²) in [5.74, 6) is -0.625. The number of nitrogens with zero attached hydrogens (tertiary/aromatic N) is 2. The number of benzene rings is 1. The summed E-state index contributed by atoms with van der Waals surface area (Å²) in [7, 11) is 1.76. The molecule has 0 bridgehead atoms. The second-order valence-corrected chi connectivity index (χ2v) is 6.78. The van der Waals surface area contributed by atoms with Crippen molar-refractivity contribution in [3.63, 3.8) is 0 Å². The van der Waals surface area contributed by atoms with Crippen LogP contribution in [0.2, 0.25) is 0 Å². The van der Waals surface area contributed by atoms with Crippen molar-refractivity contribution < 1.29 is 18.4 Å². The SMILES string of the molecule is C[C@H](c1ccc(F)cc1)N(C)C(=O)[C@H]1CCCN(C(=O)c2ccoc2)C1. The van der Waals surface area contributed by atoms with Gasteiger partial charge in [-0.05, 0) is 43.5 Å². The van der Waals surface area contributed by atoms with Gasteiger partial charge in [0.15, 0.2) is 0 Å². The first kappa shape index (κ1) is 18.2. The first-order valence-electron chi connectivity index (χ1n) is 8.81. The Morgan fingerprint density at radius 1 is 1.27 bits per heavy atom. The molecule has 1 saturated heterocycles. The van der Waals surface area contributed by atoms with E-state index >= 15 is 0 Å². The van der Waals surface area contributed by atoms with Crippen molar-refractivity contribution in [1.82, 2.24) is 9.80 Å². The molecule has 5 nitrogen and oxygen atoms in total. The van der Waals surface area contributed by atoms with Crippen molar-refractivity contribution in [2.45, 2.75) is 25.8 Å². The highest BCUT2D eigenvalue weighted by molar-refractivity contribution is 5.94. The Labute approximate surface area is 152 Å². The molecule has 1 aliphatic heterocycles. The highest BCUT2D eigenvalue weighted by atomic mass is 19.1. The van der Waals surface area contributed by atoms with Gasteiger partial charge >= 0.3 is 0 Å². The van der Waals surface area contributed by atoms with E-state index in [4.69, 9.17) is 4.42 Å². The predicted molar refractivity (Wildman–Crippen MR) is 94.9 cm³/mol. The summed E-state index contributed by atoms with van der Waals surface area (Å²) in [4.78, 5) is 28.8. The van der Waals surface area contributed by atoms with Gasteiger partial charge in [-0.3, -0.25) is 9.59 Å². The molecule has 2 aromatic rings. The first-order valence-corrected chi connectivity index (χ1v) is 8.81. The Hall–Kier alpha value is -2.63. The molecule has 0 aliphatic carbocycles. The molecular weight excluding hydrogens is 335 g/mol. The smallest absolute Gasteiger partial charge is 0.257 e. The van der Waals surface area contributed by atoms with Gasteiger partial charge in [0.05, 0.1) is 23.8 Å². The van der Waals surface area contributed by atoms with Gasteiger partial charge in [-0.2, -0.15) is 0 Å². The van der Waals surface area contributed by atoms with Crippen LogP contribution in [-0.4, -0.2) is 41.8 Å². The average molecular weight is 358 g/mol. The Morgan fingerprint density at radius 3 is 2.65 bits per heavy atom. The van der Waals surface area contributed by atoms with Crippen molar-refractivity contribution in [2.75, 3.05) is 20.1 Å². The molecule has 138 valence electrons. The molecule has 0 spiro atoms. The van der Waals surface area contributed by atoms with E-state index in [0.717, 1.165) is 18.4 Å². The summed E-state index contributed by atoms with van der Waals surface area (Å²) in [5, 5.41) is 0. The number of rotatable bonds is 4. The van der Waals surface area contributed by atoms with Crippen LogP contribution in [0, 0.1) is 11.7 Å². The Morgan fingerprint density at radius 2 is 2.00 bits per heavy atom. The Bertz CT molecular complexity index is 758. The minimum Gasteiger partial charge on any atom is -0.472 e. The number of likely N-dealkylation sites (tertiary alicyclic amines) is 1. The zero-order valence-corrected chi connectivity index (χ0v) is 15.0. The molecule has 0 unspecified atom stereocenters. The third kappa shape index (κ3) is 3.79. The van der Waals surface area contributed by atoms with Gasteiger partial charge in [0.25, 0.3) is 5.91 Å². The van der Waals surface area contributed by atoms with Crippen LogP contribution in [0.1, 0.15) is 41.7 Å². The third-order valence-corrected chi connectivity index (χ3v) is 5.11. The summed E-state index contributed by atoms with van der Waals surface area (Å²) in [6.07, 6.45) is 4.45. The number of halogens is 1. The quantitative estimate of drug-likeness (QED) is 0.841. The normalized spacial score (nSPS) is 18.4. The van der Waals surface area contributed by atoms with Crippen LogP contribution < -0.4 is 0 Å². The highest BCUT2D eigenvalue weighted by Gasteiger charge is 2.32. The fraction of sp³-hybridized carbons (Fsp3) is 0.400. The Balaban J connectivity index is 1.66. The summed E-state index contributed by atoms with van der Waals surface area (Å²) < 4.78 is 18.1. The number of furan rings is 1. The van der Waals surface area contributed by atoms with E-state index in [2.05, 4.69) is 0 Å². The van der Waals surface area contributed by atoms with Gasteiger partial charge in [0, 0.05) is 20.1 Å². The van der Waals surface area contributed by atoms with Crippen LogP contribution >= 0.6 is 0 Å². The molecule has 1 aromatic carbocycles. The molecule has 6 heteroatoms. The lowest BCUT2D eigenvalue weighted by molar-refractivity contribution is -0.137. The molecule has 1 fully saturated rings. The minimum atomic E-state index is -0.296. The second-order valence-electron chi connectivity index (χ2n) is 6.78. The van der Waals surface area contributed by atoms with Gasteiger partial charge in [0.1, 0.15) is 12.1 Å². The van der Waals surface area contributed by atoms with Gasteiger partial charge < -0.3 is 14.2 Å². The fourth-order valence-electron chi connectivity index (χ4n) is 3.38. The van der Waals surface area contributed by atoms with Crippen molar-refractivity contribution in [3.8, 4) is 0 Å². The van der Waals surface area contributed by atoms with E-state index in [1.54, 1.807) is 35.0 Å². The predicted octanol–water partition coefficient (Wildman–Crippen LogP) is 3.49. The maximum atomic E-state index is 13.1. The van der Waals surface area contributed by atoms with Crippen molar-refractivity contribution >= 4 is 11.8 Å². The standard InChI is InChI=1S/C20H23FN2O3/c1-14(15-5-7-18(21)8-6-15)22(2)19(24)16-4-3-10-23(12-16)20(25)17-9-11-26-13-17/h5-9,11,13-14,16H,3-4,10,12H2,1-2H3/t14-,16+/m1/s1. The second kappa shape index (κ2) is 7.72. The van der Waals surface area contributed by atoms with Crippen molar-refractivity contribution in [3.05, 3.63) is 59.8 Å². The lowest BCUT2D eigenvalue weighted by Crippen LogP contribution is -2.46. The van der Waals surface area contributed by atoms with Gasteiger partial charge in [0.2, 0.25) is 5.91 Å². The molecule has 2 atom stereocenters. The van der Waals surface area contributed by atoms with Crippen molar-refractivity contribution in [2.24, 2.45) is 5.92 Å². The lowest BCUT2D eigenvalue weighted by atomic mass is 9.95. The van der Waals surface area contributed by atoms with E-state index in [1.807, 2.05) is 6.92 Å². The van der Waals surface area contributed by atoms with E-state index in [0.29, 0.717) is 18.7 Å². The first-order chi connectivity index (χ1) is 12.5. The average Bonchev–Trinajstić information content (AvgIpc) is 3.21. The number of hydrogen-bond acceptors (Lipinski definition) is 3. The summed E-state index contributed by atoms with van der Waals surface area (Å²) >= 11 is 0. The zero-order chi connectivity index (χ0) is 18.7. The molecule has 0 radical (unpaired) electrons. The van der Waals surface area contributed by atoms with Crippen molar-refractivity contribution in [1.29, 1.82) is 0 Å². The number of amides is 2. The van der Waals surface area contributed by atoms with E-state index in [-0.39, 0.29) is 29.6 Å². The molecule has 0 saturated carbocycles. The molecular formula is C20H23FN2O3. The summed E-state index contributed by atoms with van der Waals surface area (Å²) in [6, 6.07) is 7.66. The van der Waals surface area contributed by atoms with Crippen LogP contribution in [0.15, 0.2) is 47.3 Å². The van der Waals surface area contributed by atoms with Crippen LogP contribution in [0.3, 0.4) is 0 Å². The van der Waals surface area contributed by atoms with Crippen LogP contribution in [-0.2, 0) is 4.79 Å². The Kier molecular flexibility index (Phi) is 5.40. The maximum absolute atomic E-state index is 13.1. The zero-order valence-electron chi connectivity index (χ0n) is 15.0. The monoisotopic (exact) mass is 358 g/mol. The molecule has 0 N–H and O–H groups in total. The molecule has 3 rings (SSSR count). The number of carbonyl (C=O) groups excluding carboxylic acids is 2. The topological polar surface area (TPSA) is 53.8 Å². The molecule has 1 aromatic heterocycles. The maximum Gasteiger partial charge on any atom is 0.257 e. The highest BCUT2D eigenvalue weighted by Crippen LogP contribution is 2.25. The van der Waals surface area contributed by atoms with Gasteiger partial charge in [-0.1, -0.05) is 12.1 Å². The van der Waals surface area contributed by atoms with Crippen LogP contribution in [0.25, 0.3) is 0 Å². The number of carbonyl (C=O) groups is 2. The van der Waals surface area contributed by atoms with Gasteiger partial charge in [-0.15, -0.1) is 0 Å². The van der Waals surface area contributed by atoms with E-state index < -0.39 is 0 Å². The third-order valence-electron chi connectivity index (χ3n) is 5.11. The van der Waals surface area contributed by atoms with E-state index in [9.17, 15) is 14.0 Å². The van der Waals surface area contributed by atoms with Gasteiger partial charge in [-0.25, -0.2) is 4.39 Å². The molecule has 2 amide bonds. The summed E-state index contributed by atoms with van der Waals surface area (Å²) in [5.41, 5.74) is 1.38. The molecule has 26 heavy (non-hydrogen) atoms. The lowest BCUT2D eigenvalue weighted by Gasteiger charge is -2.35. The fourth-order valence-corrected chi connectivity index (χ4v) is 3.38. The largest absolute Gasteiger partial charge is 0.472 e. The number of piperidine rings is 1. The van der Waals surface area contributed by atoms with E-state index in [1.165, 1.54) is 24.7 Å². The summed E-state index contributed by atoms with van der Waals surface area (Å²) in [6.45, 7) is 2.97. The van der Waals surface area contributed by atoms with Crippen LogP contribution in [0.4, 0.5) is 4.39 Å². The molecule has 2 heterocycles. The molecule has 1 aliphatic rings.